The number of para-hydroxylation sites is 1. The number of amides is 1. The van der Waals surface area contributed by atoms with Crippen molar-refractivity contribution in [2.24, 2.45) is 5.92 Å². The van der Waals surface area contributed by atoms with E-state index < -0.39 is 17.6 Å². The quantitative estimate of drug-likeness (QED) is 0.273. The molecule has 3 aromatic carbocycles. The fraction of sp³-hybridized carbons (Fsp3) is 0.214. The molecule has 34 heavy (non-hydrogen) atoms. The third-order valence-electron chi connectivity index (χ3n) is 5.62. The molecule has 1 amide bonds. The van der Waals surface area contributed by atoms with Crippen LogP contribution in [0.2, 0.25) is 0 Å². The lowest BCUT2D eigenvalue weighted by Gasteiger charge is -2.24. The number of thiazole rings is 1. The zero-order valence-corrected chi connectivity index (χ0v) is 20.2. The van der Waals surface area contributed by atoms with Crippen LogP contribution >= 0.6 is 11.3 Å². The fourth-order valence-electron chi connectivity index (χ4n) is 3.85. The molecule has 0 aliphatic heterocycles. The predicted molar refractivity (Wildman–Crippen MR) is 134 cm³/mol. The average Bonchev–Trinajstić information content (AvgIpc) is 3.29. The Morgan fingerprint density at radius 3 is 2.32 bits per heavy atom. The number of hydrogen-bond donors (Lipinski definition) is 0. The van der Waals surface area contributed by atoms with E-state index in [4.69, 9.17) is 0 Å². The molecule has 4 rings (SSSR count). The summed E-state index contributed by atoms with van der Waals surface area (Å²) in [5.74, 6) is -1.33. The summed E-state index contributed by atoms with van der Waals surface area (Å²) in [4.78, 5) is 19.9. The number of aromatic nitrogens is 1. The SMILES string of the molecule is CC(C)Cc1ccc(C(C)C(=O)N(c2ccccc2)c2nc(-c3ccc(F)cc3F)cs2)cc1. The molecule has 4 aromatic rings. The lowest BCUT2D eigenvalue weighted by molar-refractivity contribution is -0.119. The topological polar surface area (TPSA) is 33.2 Å². The number of hydrogen-bond acceptors (Lipinski definition) is 3. The molecule has 0 aliphatic rings. The van der Waals surface area contributed by atoms with Crippen LogP contribution < -0.4 is 4.90 Å². The summed E-state index contributed by atoms with van der Waals surface area (Å²) in [7, 11) is 0. The fourth-order valence-corrected chi connectivity index (χ4v) is 4.70. The monoisotopic (exact) mass is 476 g/mol. The number of carbonyl (C=O) groups is 1. The van der Waals surface area contributed by atoms with Gasteiger partial charge in [-0.2, -0.15) is 0 Å². The molecule has 0 radical (unpaired) electrons. The zero-order chi connectivity index (χ0) is 24.2. The smallest absolute Gasteiger partial charge is 0.240 e. The summed E-state index contributed by atoms with van der Waals surface area (Å²) >= 11 is 1.24. The van der Waals surface area contributed by atoms with E-state index in [-0.39, 0.29) is 11.5 Å². The Morgan fingerprint density at radius 1 is 0.971 bits per heavy atom. The molecule has 1 aromatic heterocycles. The summed E-state index contributed by atoms with van der Waals surface area (Å²) in [6, 6.07) is 20.8. The third-order valence-corrected chi connectivity index (χ3v) is 6.45. The van der Waals surface area contributed by atoms with Crippen molar-refractivity contribution in [3.63, 3.8) is 0 Å². The van der Waals surface area contributed by atoms with Crippen molar-refractivity contribution in [2.45, 2.75) is 33.1 Å². The van der Waals surface area contributed by atoms with Gasteiger partial charge in [-0.05, 0) is 54.7 Å². The lowest BCUT2D eigenvalue weighted by Crippen LogP contribution is -2.30. The van der Waals surface area contributed by atoms with Gasteiger partial charge in [-0.1, -0.05) is 56.3 Å². The summed E-state index contributed by atoms with van der Waals surface area (Å²) < 4.78 is 27.7. The van der Waals surface area contributed by atoms with Crippen molar-refractivity contribution in [3.8, 4) is 11.3 Å². The van der Waals surface area contributed by atoms with Crippen molar-refractivity contribution in [1.82, 2.24) is 4.98 Å². The summed E-state index contributed by atoms with van der Waals surface area (Å²) in [5, 5.41) is 2.11. The maximum atomic E-state index is 14.3. The molecule has 0 saturated heterocycles. The van der Waals surface area contributed by atoms with Gasteiger partial charge in [-0.15, -0.1) is 11.3 Å². The molecular formula is C28H26F2N2OS. The third kappa shape index (κ3) is 5.23. The number of nitrogens with zero attached hydrogens (tertiary/aromatic N) is 2. The van der Waals surface area contributed by atoms with Gasteiger partial charge in [0.15, 0.2) is 5.13 Å². The van der Waals surface area contributed by atoms with Gasteiger partial charge in [0.25, 0.3) is 0 Å². The Labute approximate surface area is 202 Å². The highest BCUT2D eigenvalue weighted by Gasteiger charge is 2.27. The first-order valence-corrected chi connectivity index (χ1v) is 12.1. The van der Waals surface area contributed by atoms with E-state index in [9.17, 15) is 13.6 Å². The average molecular weight is 477 g/mol. The molecule has 1 heterocycles. The van der Waals surface area contributed by atoms with Crippen LogP contribution in [0.3, 0.4) is 0 Å². The number of anilines is 2. The zero-order valence-electron chi connectivity index (χ0n) is 19.3. The molecule has 0 spiro atoms. The van der Waals surface area contributed by atoms with Crippen LogP contribution in [-0.4, -0.2) is 10.9 Å². The molecular weight excluding hydrogens is 450 g/mol. The van der Waals surface area contributed by atoms with E-state index in [0.29, 0.717) is 22.4 Å². The summed E-state index contributed by atoms with van der Waals surface area (Å²) in [6.07, 6.45) is 0.987. The second-order valence-electron chi connectivity index (χ2n) is 8.71. The highest BCUT2D eigenvalue weighted by atomic mass is 32.1. The van der Waals surface area contributed by atoms with Crippen LogP contribution in [0.1, 0.15) is 37.8 Å². The molecule has 0 bridgehead atoms. The Bertz CT molecular complexity index is 1270. The molecule has 0 fully saturated rings. The minimum Gasteiger partial charge on any atom is -0.273 e. The molecule has 0 aliphatic carbocycles. The van der Waals surface area contributed by atoms with Gasteiger partial charge in [0.05, 0.1) is 17.3 Å². The first-order chi connectivity index (χ1) is 16.3. The molecule has 1 atom stereocenters. The van der Waals surface area contributed by atoms with Crippen LogP contribution in [0.25, 0.3) is 11.3 Å². The van der Waals surface area contributed by atoms with E-state index >= 15 is 0 Å². The van der Waals surface area contributed by atoms with E-state index in [1.807, 2.05) is 49.4 Å². The minimum atomic E-state index is -0.690. The predicted octanol–water partition coefficient (Wildman–Crippen LogP) is 7.76. The molecule has 0 N–H and O–H groups in total. The first-order valence-electron chi connectivity index (χ1n) is 11.2. The number of halogens is 2. The minimum absolute atomic E-state index is 0.136. The lowest BCUT2D eigenvalue weighted by atomic mass is 9.96. The van der Waals surface area contributed by atoms with Crippen molar-refractivity contribution in [2.75, 3.05) is 4.90 Å². The van der Waals surface area contributed by atoms with Gasteiger partial charge in [-0.25, -0.2) is 13.8 Å². The van der Waals surface area contributed by atoms with Crippen LogP contribution in [0, 0.1) is 17.6 Å². The van der Waals surface area contributed by atoms with Crippen molar-refractivity contribution < 1.29 is 13.6 Å². The van der Waals surface area contributed by atoms with E-state index in [1.54, 1.807) is 10.3 Å². The Balaban J connectivity index is 1.67. The second-order valence-corrected chi connectivity index (χ2v) is 9.55. The second kappa shape index (κ2) is 10.3. The van der Waals surface area contributed by atoms with E-state index in [2.05, 4.69) is 31.0 Å². The number of rotatable bonds is 7. The van der Waals surface area contributed by atoms with Crippen molar-refractivity contribution in [1.29, 1.82) is 0 Å². The maximum absolute atomic E-state index is 14.3. The highest BCUT2D eigenvalue weighted by molar-refractivity contribution is 7.14. The molecule has 1 unspecified atom stereocenters. The van der Waals surface area contributed by atoms with Crippen LogP contribution in [0.5, 0.6) is 0 Å². The largest absolute Gasteiger partial charge is 0.273 e. The standard InChI is InChI=1S/C28H26F2N2OS/c1-18(2)15-20-9-11-21(12-10-20)19(3)27(33)32(23-7-5-4-6-8-23)28-31-26(17-34-28)24-14-13-22(29)16-25(24)30/h4-14,16-19H,15H2,1-3H3. The van der Waals surface area contributed by atoms with Gasteiger partial charge in [0.1, 0.15) is 11.6 Å². The van der Waals surface area contributed by atoms with Crippen LogP contribution in [-0.2, 0) is 11.2 Å². The van der Waals surface area contributed by atoms with E-state index in [0.717, 1.165) is 18.1 Å². The summed E-state index contributed by atoms with van der Waals surface area (Å²) in [5.41, 5.74) is 3.38. The molecule has 3 nitrogen and oxygen atoms in total. The summed E-state index contributed by atoms with van der Waals surface area (Å²) in [6.45, 7) is 6.24. The van der Waals surface area contributed by atoms with Crippen LogP contribution in [0.4, 0.5) is 19.6 Å². The van der Waals surface area contributed by atoms with E-state index in [1.165, 1.54) is 29.0 Å². The van der Waals surface area contributed by atoms with Crippen molar-refractivity contribution in [3.05, 3.63) is 101 Å². The number of benzene rings is 3. The Morgan fingerprint density at radius 2 is 1.68 bits per heavy atom. The Kier molecular flexibility index (Phi) is 7.17. The normalized spacial score (nSPS) is 12.1. The number of carbonyl (C=O) groups excluding carboxylic acids is 1. The van der Waals surface area contributed by atoms with Crippen LogP contribution in [0.15, 0.2) is 78.2 Å². The molecule has 6 heteroatoms. The van der Waals surface area contributed by atoms with Gasteiger partial charge < -0.3 is 0 Å². The first kappa shape index (κ1) is 23.8. The van der Waals surface area contributed by atoms with Gasteiger partial charge in [-0.3, -0.25) is 9.69 Å². The van der Waals surface area contributed by atoms with Crippen molar-refractivity contribution >= 4 is 28.1 Å². The van der Waals surface area contributed by atoms with Gasteiger partial charge in [0.2, 0.25) is 5.91 Å². The van der Waals surface area contributed by atoms with Gasteiger partial charge in [0, 0.05) is 17.0 Å². The maximum Gasteiger partial charge on any atom is 0.240 e. The van der Waals surface area contributed by atoms with Gasteiger partial charge >= 0.3 is 0 Å². The highest BCUT2D eigenvalue weighted by Crippen LogP contribution is 2.35. The molecule has 174 valence electrons. The molecule has 0 saturated carbocycles. The Hall–Kier alpha value is -3.38.